The van der Waals surface area contributed by atoms with E-state index in [1.165, 1.54) is 12.1 Å². The van der Waals surface area contributed by atoms with E-state index in [-0.39, 0.29) is 18.1 Å². The molecule has 4 rings (SSSR count). The Morgan fingerprint density at radius 3 is 2.59 bits per heavy atom. The molecule has 3 aromatic rings. The molecule has 1 N–H and O–H groups in total. The van der Waals surface area contributed by atoms with Crippen molar-refractivity contribution in [1.82, 2.24) is 24.6 Å². The van der Waals surface area contributed by atoms with E-state index in [9.17, 15) is 18.0 Å². The zero-order valence-corrected chi connectivity index (χ0v) is 17.4. The summed E-state index contributed by atoms with van der Waals surface area (Å²) < 4.78 is 40.2. The fraction of sp³-hybridized carbons (Fsp3) is 0.333. The predicted molar refractivity (Wildman–Crippen MR) is 113 cm³/mol. The molecule has 0 unspecified atom stereocenters. The number of aromatic nitrogens is 4. The topological polar surface area (TPSA) is 79.2 Å². The van der Waals surface area contributed by atoms with Crippen LogP contribution in [-0.2, 0) is 18.0 Å². The van der Waals surface area contributed by atoms with Crippen LogP contribution in [0.5, 0.6) is 0 Å². The molecule has 1 aliphatic heterocycles. The van der Waals surface area contributed by atoms with Gasteiger partial charge in [0.2, 0.25) is 5.91 Å². The molecule has 0 spiro atoms. The molecule has 8 nitrogen and oxygen atoms in total. The first-order valence-corrected chi connectivity index (χ1v) is 10.0. The van der Waals surface area contributed by atoms with Crippen molar-refractivity contribution in [3.8, 4) is 11.3 Å². The molecule has 1 amide bonds. The first-order chi connectivity index (χ1) is 15.3. The molecule has 1 aliphatic rings. The first-order valence-electron chi connectivity index (χ1n) is 10.0. The number of carbonyl (C=O) groups excluding carboxylic acids is 1. The number of alkyl halides is 3. The van der Waals surface area contributed by atoms with Gasteiger partial charge in [0.25, 0.3) is 0 Å². The lowest BCUT2D eigenvalue weighted by atomic mass is 10.2. The lowest BCUT2D eigenvalue weighted by Gasteiger charge is -2.34. The van der Waals surface area contributed by atoms with E-state index < -0.39 is 11.7 Å². The number of anilines is 2. The van der Waals surface area contributed by atoms with Crippen molar-refractivity contribution < 1.29 is 18.0 Å². The summed E-state index contributed by atoms with van der Waals surface area (Å²) in [5.41, 5.74) is 0.953. The van der Waals surface area contributed by atoms with E-state index in [2.05, 4.69) is 25.3 Å². The van der Waals surface area contributed by atoms with Crippen LogP contribution in [0.15, 0.2) is 49.1 Å². The molecular weight excluding hydrogens is 423 g/mol. The fourth-order valence-electron chi connectivity index (χ4n) is 3.51. The van der Waals surface area contributed by atoms with E-state index in [0.717, 1.165) is 29.2 Å². The molecular formula is C21H22F3N7O. The quantitative estimate of drug-likeness (QED) is 0.651. The first kappa shape index (κ1) is 21.8. The Balaban J connectivity index is 1.31. The third-order valence-electron chi connectivity index (χ3n) is 5.16. The number of carbonyl (C=O) groups is 1. The second-order valence-corrected chi connectivity index (χ2v) is 7.56. The summed E-state index contributed by atoms with van der Waals surface area (Å²) in [4.78, 5) is 25.3. The summed E-state index contributed by atoms with van der Waals surface area (Å²) in [6.07, 6.45) is 2.54. The van der Waals surface area contributed by atoms with Gasteiger partial charge in [-0.1, -0.05) is 6.07 Å². The van der Waals surface area contributed by atoms with Crippen molar-refractivity contribution in [3.63, 3.8) is 0 Å². The number of benzene rings is 1. The summed E-state index contributed by atoms with van der Waals surface area (Å²) in [5.74, 6) is 0.399. The number of halogens is 3. The summed E-state index contributed by atoms with van der Waals surface area (Å²) in [6.45, 7) is 2.65. The molecule has 168 valence electrons. The van der Waals surface area contributed by atoms with Crippen LogP contribution in [0.3, 0.4) is 0 Å². The van der Waals surface area contributed by atoms with E-state index in [1.54, 1.807) is 23.3 Å². The molecule has 2 aromatic heterocycles. The molecule has 1 aromatic carbocycles. The third-order valence-corrected chi connectivity index (χ3v) is 5.16. The standard InChI is InChI=1S/C21H22F3N7O/c1-29-13-15(10-26-29)18-11-25-12-19(28-18)31-7-5-30(6-8-31)14-20(32)27-17-4-2-3-16(9-17)21(22,23)24/h2-4,9-13H,5-8,14H2,1H3,(H,27,32). The number of hydrogen-bond acceptors (Lipinski definition) is 6. The summed E-state index contributed by atoms with van der Waals surface area (Å²) >= 11 is 0. The largest absolute Gasteiger partial charge is 0.416 e. The Hall–Kier alpha value is -3.47. The van der Waals surface area contributed by atoms with Gasteiger partial charge in [0.15, 0.2) is 0 Å². The van der Waals surface area contributed by atoms with E-state index in [1.807, 2.05) is 18.1 Å². The summed E-state index contributed by atoms with van der Waals surface area (Å²) in [7, 11) is 1.84. The van der Waals surface area contributed by atoms with Gasteiger partial charge in [-0.15, -0.1) is 0 Å². The second-order valence-electron chi connectivity index (χ2n) is 7.56. The average molecular weight is 445 g/mol. The van der Waals surface area contributed by atoms with Crippen LogP contribution in [0, 0.1) is 0 Å². The maximum atomic E-state index is 12.8. The number of aryl methyl sites for hydroxylation is 1. The fourth-order valence-corrected chi connectivity index (χ4v) is 3.51. The highest BCUT2D eigenvalue weighted by Crippen LogP contribution is 2.30. The average Bonchev–Trinajstić information content (AvgIpc) is 3.20. The number of nitrogens with one attached hydrogen (secondary N) is 1. The number of nitrogens with zero attached hydrogens (tertiary/aromatic N) is 6. The monoisotopic (exact) mass is 445 g/mol. The molecule has 11 heteroatoms. The Labute approximate surface area is 182 Å². The van der Waals surface area contributed by atoms with Crippen molar-refractivity contribution in [2.75, 3.05) is 42.9 Å². The third kappa shape index (κ3) is 5.22. The minimum atomic E-state index is -4.45. The van der Waals surface area contributed by atoms with Crippen molar-refractivity contribution in [3.05, 3.63) is 54.6 Å². The maximum Gasteiger partial charge on any atom is 0.416 e. The van der Waals surface area contributed by atoms with Crippen LogP contribution in [-0.4, -0.2) is 63.3 Å². The summed E-state index contributed by atoms with van der Waals surface area (Å²) in [5, 5.41) is 6.70. The second kappa shape index (κ2) is 8.95. The molecule has 0 aliphatic carbocycles. The Morgan fingerprint density at radius 1 is 1.12 bits per heavy atom. The Morgan fingerprint density at radius 2 is 1.91 bits per heavy atom. The SMILES string of the molecule is Cn1cc(-c2cncc(N3CCN(CC(=O)Nc4cccc(C(F)(F)F)c4)CC3)n2)cn1. The van der Waals surface area contributed by atoms with Gasteiger partial charge >= 0.3 is 6.18 Å². The van der Waals surface area contributed by atoms with Crippen LogP contribution >= 0.6 is 0 Å². The van der Waals surface area contributed by atoms with E-state index in [0.29, 0.717) is 26.2 Å². The van der Waals surface area contributed by atoms with Crippen LogP contribution in [0.25, 0.3) is 11.3 Å². The lowest BCUT2D eigenvalue weighted by Crippen LogP contribution is -2.49. The van der Waals surface area contributed by atoms with Crippen LogP contribution < -0.4 is 10.2 Å². The van der Waals surface area contributed by atoms with Gasteiger partial charge in [0.05, 0.1) is 36.4 Å². The van der Waals surface area contributed by atoms with Crippen molar-refractivity contribution in [2.24, 2.45) is 7.05 Å². The number of hydrogen-bond donors (Lipinski definition) is 1. The van der Waals surface area contributed by atoms with Gasteiger partial charge < -0.3 is 10.2 Å². The van der Waals surface area contributed by atoms with Crippen molar-refractivity contribution in [1.29, 1.82) is 0 Å². The lowest BCUT2D eigenvalue weighted by molar-refractivity contribution is -0.137. The molecule has 3 heterocycles. The number of rotatable bonds is 5. The van der Waals surface area contributed by atoms with Crippen LogP contribution in [0.4, 0.5) is 24.7 Å². The highest BCUT2D eigenvalue weighted by molar-refractivity contribution is 5.92. The molecule has 0 bridgehead atoms. The van der Waals surface area contributed by atoms with Gasteiger partial charge in [-0.2, -0.15) is 18.3 Å². The molecule has 1 saturated heterocycles. The minimum absolute atomic E-state index is 0.103. The van der Waals surface area contributed by atoms with Gasteiger partial charge in [-0.3, -0.25) is 19.4 Å². The van der Waals surface area contributed by atoms with E-state index in [4.69, 9.17) is 0 Å². The molecule has 32 heavy (non-hydrogen) atoms. The van der Waals surface area contributed by atoms with E-state index >= 15 is 0 Å². The molecule has 1 fully saturated rings. The maximum absolute atomic E-state index is 12.8. The molecule has 0 radical (unpaired) electrons. The predicted octanol–water partition coefficient (Wildman–Crippen LogP) is 2.66. The Bertz CT molecular complexity index is 1090. The smallest absolute Gasteiger partial charge is 0.353 e. The van der Waals surface area contributed by atoms with Gasteiger partial charge in [0, 0.05) is 50.7 Å². The molecule has 0 saturated carbocycles. The van der Waals surface area contributed by atoms with Gasteiger partial charge in [-0.25, -0.2) is 4.98 Å². The van der Waals surface area contributed by atoms with Gasteiger partial charge in [-0.05, 0) is 18.2 Å². The molecule has 0 atom stereocenters. The Kier molecular flexibility index (Phi) is 6.08. The van der Waals surface area contributed by atoms with Crippen molar-refractivity contribution >= 4 is 17.4 Å². The zero-order valence-electron chi connectivity index (χ0n) is 17.4. The minimum Gasteiger partial charge on any atom is -0.353 e. The van der Waals surface area contributed by atoms with Crippen LogP contribution in [0.1, 0.15) is 5.56 Å². The van der Waals surface area contributed by atoms with Gasteiger partial charge in [0.1, 0.15) is 5.82 Å². The summed E-state index contributed by atoms with van der Waals surface area (Å²) in [6, 6.07) is 4.63. The zero-order chi connectivity index (χ0) is 22.7. The van der Waals surface area contributed by atoms with Crippen molar-refractivity contribution in [2.45, 2.75) is 6.18 Å². The number of piperazine rings is 1. The highest BCUT2D eigenvalue weighted by atomic mass is 19.4. The normalized spacial score (nSPS) is 15.1. The number of amides is 1. The highest BCUT2D eigenvalue weighted by Gasteiger charge is 2.30. The van der Waals surface area contributed by atoms with Crippen LogP contribution in [0.2, 0.25) is 0 Å².